The van der Waals surface area contributed by atoms with Crippen LogP contribution in [0.25, 0.3) is 0 Å². The summed E-state index contributed by atoms with van der Waals surface area (Å²) in [7, 11) is -1.32. The molecular weight excluding hydrogens is 452 g/mol. The monoisotopic (exact) mass is 472 g/mol. The Hall–Kier alpha value is -1.29. The number of benzene rings is 2. The van der Waals surface area contributed by atoms with Crippen LogP contribution in [0.5, 0.6) is 0 Å². The summed E-state index contributed by atoms with van der Waals surface area (Å²) in [6, 6.07) is 16.2. The third-order valence-electron chi connectivity index (χ3n) is 6.35. The molecule has 2 aliphatic heterocycles. The topological polar surface area (TPSA) is 44.1 Å². The lowest BCUT2D eigenvalue weighted by atomic mass is 9.70. The molecule has 144 valence electrons. The second kappa shape index (κ2) is 7.19. The molecule has 28 heavy (non-hydrogen) atoms. The molecule has 1 saturated heterocycles. The molecule has 1 saturated carbocycles. The smallest absolute Gasteiger partial charge is 0.153 e. The zero-order chi connectivity index (χ0) is 19.3. The van der Waals surface area contributed by atoms with Crippen molar-refractivity contribution < 1.29 is 4.21 Å². The highest BCUT2D eigenvalue weighted by atomic mass is 79.9. The minimum Gasteiger partial charge on any atom is -0.283 e. The number of hydrogen-bond acceptors (Lipinski definition) is 3. The van der Waals surface area contributed by atoms with Gasteiger partial charge in [-0.3, -0.25) is 4.31 Å². The highest BCUT2D eigenvalue weighted by Gasteiger charge is 2.57. The van der Waals surface area contributed by atoms with Gasteiger partial charge < -0.3 is 0 Å². The van der Waals surface area contributed by atoms with E-state index in [-0.39, 0.29) is 11.5 Å². The van der Waals surface area contributed by atoms with E-state index in [1.807, 2.05) is 23.9 Å². The van der Waals surface area contributed by atoms with Gasteiger partial charge in [0.25, 0.3) is 0 Å². The minimum absolute atomic E-state index is 0.0913. The SMILES string of the molecule is N#Cc1cccc(S(=O)N2c3ccc(Br)cc3C3(CCSCC3)C2C2CC2)c1. The molecule has 2 heterocycles. The average molecular weight is 473 g/mol. The maximum atomic E-state index is 13.8. The van der Waals surface area contributed by atoms with Crippen LogP contribution in [-0.4, -0.2) is 21.8 Å². The predicted octanol–water partition coefficient (Wildman–Crippen LogP) is 5.41. The van der Waals surface area contributed by atoms with Gasteiger partial charge in [-0.05, 0) is 85.1 Å². The zero-order valence-corrected chi connectivity index (χ0v) is 18.7. The third kappa shape index (κ3) is 2.94. The van der Waals surface area contributed by atoms with Gasteiger partial charge in [-0.2, -0.15) is 17.0 Å². The first-order valence-corrected chi connectivity index (χ1v) is 12.8. The van der Waals surface area contributed by atoms with Gasteiger partial charge in [-0.1, -0.05) is 22.0 Å². The van der Waals surface area contributed by atoms with Gasteiger partial charge in [0.15, 0.2) is 11.0 Å². The highest BCUT2D eigenvalue weighted by Crippen LogP contribution is 2.59. The molecule has 0 amide bonds. The van der Waals surface area contributed by atoms with Crippen molar-refractivity contribution in [2.45, 2.75) is 42.0 Å². The largest absolute Gasteiger partial charge is 0.283 e. The molecule has 3 aliphatic rings. The molecule has 0 radical (unpaired) electrons. The van der Waals surface area contributed by atoms with E-state index in [9.17, 15) is 9.47 Å². The summed E-state index contributed by atoms with van der Waals surface area (Å²) in [6.07, 6.45) is 4.74. The molecule has 2 aromatic carbocycles. The van der Waals surface area contributed by atoms with Crippen molar-refractivity contribution in [1.82, 2.24) is 0 Å². The minimum atomic E-state index is -1.32. The van der Waals surface area contributed by atoms with Crippen molar-refractivity contribution in [3.05, 3.63) is 58.1 Å². The summed E-state index contributed by atoms with van der Waals surface area (Å²) in [5, 5.41) is 9.28. The normalized spacial score (nSPS) is 24.0. The lowest BCUT2D eigenvalue weighted by Gasteiger charge is -2.41. The average Bonchev–Trinajstić information content (AvgIpc) is 3.53. The summed E-state index contributed by atoms with van der Waals surface area (Å²) in [4.78, 5) is 0.723. The summed E-state index contributed by atoms with van der Waals surface area (Å²) >= 11 is 5.71. The molecule has 0 bridgehead atoms. The lowest BCUT2D eigenvalue weighted by Crippen LogP contribution is -2.49. The van der Waals surface area contributed by atoms with Crippen molar-refractivity contribution in [2.75, 3.05) is 15.8 Å². The van der Waals surface area contributed by atoms with Crippen LogP contribution < -0.4 is 4.31 Å². The van der Waals surface area contributed by atoms with Crippen LogP contribution in [-0.2, 0) is 16.4 Å². The fourth-order valence-corrected chi connectivity index (χ4v) is 8.12. The standard InChI is InChI=1S/C22H21BrN2OS2/c23-17-6-7-20-19(13-17)22(8-10-27-11-9-22)21(16-4-5-16)25(20)28(26)18-3-1-2-15(12-18)14-24/h1-3,6-7,12-13,16,21H,4-5,8-11H2. The van der Waals surface area contributed by atoms with Crippen molar-refractivity contribution in [1.29, 1.82) is 5.26 Å². The number of nitriles is 1. The Kier molecular flexibility index (Phi) is 4.81. The van der Waals surface area contributed by atoms with Crippen molar-refractivity contribution >= 4 is 44.4 Å². The van der Waals surface area contributed by atoms with E-state index in [0.29, 0.717) is 11.5 Å². The number of nitrogens with zero attached hydrogens (tertiary/aromatic N) is 2. The molecule has 0 aromatic heterocycles. The zero-order valence-electron chi connectivity index (χ0n) is 15.4. The maximum Gasteiger partial charge on any atom is 0.153 e. The Labute approximate surface area is 181 Å². The quantitative estimate of drug-likeness (QED) is 0.599. The molecule has 1 spiro atoms. The van der Waals surface area contributed by atoms with Crippen LogP contribution in [0.4, 0.5) is 5.69 Å². The Balaban J connectivity index is 1.66. The van der Waals surface area contributed by atoms with E-state index in [0.717, 1.165) is 27.9 Å². The van der Waals surface area contributed by atoms with E-state index < -0.39 is 11.0 Å². The Morgan fingerprint density at radius 1 is 1.18 bits per heavy atom. The second-order valence-electron chi connectivity index (χ2n) is 7.93. The fourth-order valence-electron chi connectivity index (χ4n) is 4.97. The summed E-state index contributed by atoms with van der Waals surface area (Å²) in [5.74, 6) is 2.94. The third-order valence-corrected chi connectivity index (χ3v) is 9.27. The van der Waals surface area contributed by atoms with E-state index in [4.69, 9.17) is 0 Å². The van der Waals surface area contributed by atoms with Crippen molar-refractivity contribution in [3.63, 3.8) is 0 Å². The molecule has 2 fully saturated rings. The summed E-state index contributed by atoms with van der Waals surface area (Å²) in [5.41, 5.74) is 3.14. The van der Waals surface area contributed by atoms with Gasteiger partial charge in [-0.25, -0.2) is 4.21 Å². The van der Waals surface area contributed by atoms with Crippen molar-refractivity contribution in [2.24, 2.45) is 5.92 Å². The maximum absolute atomic E-state index is 13.8. The van der Waals surface area contributed by atoms with Crippen LogP contribution in [0.2, 0.25) is 0 Å². The lowest BCUT2D eigenvalue weighted by molar-refractivity contribution is 0.317. The Morgan fingerprint density at radius 2 is 1.96 bits per heavy atom. The first kappa shape index (κ1) is 18.7. The fraction of sp³-hybridized carbons (Fsp3) is 0.409. The molecule has 2 unspecified atom stereocenters. The Morgan fingerprint density at radius 3 is 2.68 bits per heavy atom. The Bertz CT molecular complexity index is 992. The molecule has 6 heteroatoms. The number of rotatable bonds is 3. The molecule has 1 aliphatic carbocycles. The molecule has 2 atom stereocenters. The molecule has 5 rings (SSSR count). The van der Waals surface area contributed by atoms with Crippen molar-refractivity contribution in [3.8, 4) is 6.07 Å². The molecule has 2 aromatic rings. The van der Waals surface area contributed by atoms with Gasteiger partial charge >= 0.3 is 0 Å². The number of halogens is 1. The van der Waals surface area contributed by atoms with Crippen LogP contribution >= 0.6 is 27.7 Å². The van der Waals surface area contributed by atoms with Crippen LogP contribution in [0.1, 0.15) is 36.8 Å². The van der Waals surface area contributed by atoms with Crippen LogP contribution in [0.15, 0.2) is 51.8 Å². The van der Waals surface area contributed by atoms with Gasteiger partial charge in [0, 0.05) is 9.89 Å². The van der Waals surface area contributed by atoms with E-state index in [1.54, 1.807) is 12.1 Å². The van der Waals surface area contributed by atoms with Crippen LogP contribution in [0.3, 0.4) is 0 Å². The summed E-state index contributed by atoms with van der Waals surface area (Å²) in [6.45, 7) is 0. The van der Waals surface area contributed by atoms with Gasteiger partial charge in [0.2, 0.25) is 0 Å². The highest BCUT2D eigenvalue weighted by molar-refractivity contribution is 9.10. The number of thioether (sulfide) groups is 1. The first-order chi connectivity index (χ1) is 13.6. The second-order valence-corrected chi connectivity index (χ2v) is 11.4. The summed E-state index contributed by atoms with van der Waals surface area (Å²) < 4.78 is 17.1. The number of fused-ring (bicyclic) bond motifs is 2. The van der Waals surface area contributed by atoms with E-state index in [1.165, 1.54) is 29.9 Å². The van der Waals surface area contributed by atoms with E-state index in [2.05, 4.69) is 44.5 Å². The predicted molar refractivity (Wildman–Crippen MR) is 119 cm³/mol. The van der Waals surface area contributed by atoms with Gasteiger partial charge in [-0.15, -0.1) is 0 Å². The van der Waals surface area contributed by atoms with Gasteiger partial charge in [0.1, 0.15) is 0 Å². The molecular formula is C22H21BrN2OS2. The first-order valence-electron chi connectivity index (χ1n) is 9.73. The molecule has 0 N–H and O–H groups in total. The number of anilines is 1. The number of hydrogen-bond donors (Lipinski definition) is 0. The van der Waals surface area contributed by atoms with Gasteiger partial charge in [0.05, 0.1) is 28.3 Å². The van der Waals surface area contributed by atoms with E-state index >= 15 is 0 Å². The molecule has 3 nitrogen and oxygen atoms in total. The van der Waals surface area contributed by atoms with Crippen LogP contribution in [0, 0.1) is 17.2 Å².